The Kier molecular flexibility index (Phi) is 5.03. The number of hydrogen-bond acceptors (Lipinski definition) is 6. The van der Waals surface area contributed by atoms with Gasteiger partial charge >= 0.3 is 5.97 Å². The lowest BCUT2D eigenvalue weighted by Gasteiger charge is -2.01. The number of methoxy groups -OCH3 is 1. The van der Waals surface area contributed by atoms with Crippen LogP contribution < -0.4 is 10.1 Å². The molecular weight excluding hydrogens is 384 g/mol. The highest BCUT2D eigenvalue weighted by Crippen LogP contribution is 2.36. The number of carbonyl (C=O) groups excluding carboxylic acids is 1. The SMILES string of the molecule is COc1ccc(-c2nc(NC(=O)c3ccc(C(=O)O)s3)sc2Cl)cc1. The fourth-order valence-electron chi connectivity index (χ4n) is 2.02. The van der Waals surface area contributed by atoms with Crippen molar-refractivity contribution in [2.24, 2.45) is 0 Å². The summed E-state index contributed by atoms with van der Waals surface area (Å²) in [5, 5.41) is 11.9. The zero-order chi connectivity index (χ0) is 18.0. The molecule has 0 aliphatic carbocycles. The minimum Gasteiger partial charge on any atom is -0.497 e. The number of carboxylic acids is 1. The average molecular weight is 395 g/mol. The van der Waals surface area contributed by atoms with Gasteiger partial charge in [-0.1, -0.05) is 22.9 Å². The number of hydrogen-bond donors (Lipinski definition) is 2. The van der Waals surface area contributed by atoms with Gasteiger partial charge in [0.1, 0.15) is 20.7 Å². The van der Waals surface area contributed by atoms with Crippen LogP contribution in [0.15, 0.2) is 36.4 Å². The van der Waals surface area contributed by atoms with Crippen LogP contribution in [-0.2, 0) is 0 Å². The summed E-state index contributed by atoms with van der Waals surface area (Å²) in [4.78, 5) is 27.8. The van der Waals surface area contributed by atoms with Crippen LogP contribution >= 0.6 is 34.3 Å². The van der Waals surface area contributed by atoms with Crippen molar-refractivity contribution in [1.82, 2.24) is 4.98 Å². The quantitative estimate of drug-likeness (QED) is 0.665. The van der Waals surface area contributed by atoms with Gasteiger partial charge in [0.05, 0.1) is 12.0 Å². The number of ether oxygens (including phenoxy) is 1. The summed E-state index contributed by atoms with van der Waals surface area (Å²) in [5.41, 5.74) is 1.36. The molecular formula is C16H11ClN2O4S2. The molecule has 2 aromatic heterocycles. The Balaban J connectivity index is 1.79. The third-order valence-electron chi connectivity index (χ3n) is 3.21. The van der Waals surface area contributed by atoms with Gasteiger partial charge in [-0.2, -0.15) is 0 Å². The molecule has 3 rings (SSSR count). The van der Waals surface area contributed by atoms with Crippen LogP contribution in [-0.4, -0.2) is 29.1 Å². The number of nitrogens with one attached hydrogen (secondary N) is 1. The summed E-state index contributed by atoms with van der Waals surface area (Å²) in [5.74, 6) is -0.775. The van der Waals surface area contributed by atoms with Crippen molar-refractivity contribution < 1.29 is 19.4 Å². The van der Waals surface area contributed by atoms with Crippen molar-refractivity contribution in [3.05, 3.63) is 50.5 Å². The van der Waals surface area contributed by atoms with Crippen LogP contribution in [0.3, 0.4) is 0 Å². The zero-order valence-corrected chi connectivity index (χ0v) is 15.2. The second kappa shape index (κ2) is 7.22. The number of rotatable bonds is 5. The number of thiazole rings is 1. The molecule has 128 valence electrons. The highest BCUT2D eigenvalue weighted by atomic mass is 35.5. The fourth-order valence-corrected chi connectivity index (χ4v) is 3.84. The van der Waals surface area contributed by atoms with Crippen LogP contribution in [0.5, 0.6) is 5.75 Å². The maximum Gasteiger partial charge on any atom is 0.345 e. The molecule has 1 aromatic carbocycles. The number of aromatic carboxylic acids is 1. The molecule has 6 nitrogen and oxygen atoms in total. The molecule has 2 N–H and O–H groups in total. The molecule has 0 spiro atoms. The standard InChI is InChI=1S/C16H11ClN2O4S2/c1-23-9-4-2-8(3-5-9)12-13(17)25-16(18-12)19-14(20)10-6-7-11(24-10)15(21)22/h2-7H,1H3,(H,21,22)(H,18,19,20). The molecule has 9 heteroatoms. The number of amides is 1. The molecule has 0 saturated heterocycles. The molecule has 2 heterocycles. The third-order valence-corrected chi connectivity index (χ3v) is 5.45. The Bertz CT molecular complexity index is 934. The first-order valence-corrected chi connectivity index (χ1v) is 8.94. The molecule has 0 radical (unpaired) electrons. The number of benzene rings is 1. The van der Waals surface area contributed by atoms with Crippen molar-refractivity contribution in [3.8, 4) is 17.0 Å². The summed E-state index contributed by atoms with van der Waals surface area (Å²) in [7, 11) is 1.58. The minimum atomic E-state index is -1.07. The van der Waals surface area contributed by atoms with Crippen LogP contribution in [0.1, 0.15) is 19.3 Å². The largest absolute Gasteiger partial charge is 0.497 e. The van der Waals surface area contributed by atoms with E-state index in [9.17, 15) is 9.59 Å². The Morgan fingerprint density at radius 2 is 1.80 bits per heavy atom. The average Bonchev–Trinajstić information content (AvgIpc) is 3.22. The number of carboxylic acid groups (broad SMARTS) is 1. The predicted octanol–water partition coefficient (Wildman–Crippen LogP) is 4.48. The maximum absolute atomic E-state index is 12.2. The molecule has 0 saturated carbocycles. The molecule has 25 heavy (non-hydrogen) atoms. The van der Waals surface area contributed by atoms with Gasteiger partial charge in [0, 0.05) is 5.56 Å². The second-order valence-corrected chi connectivity index (χ2v) is 7.48. The Morgan fingerprint density at radius 3 is 2.40 bits per heavy atom. The first kappa shape index (κ1) is 17.4. The van der Waals surface area contributed by atoms with Gasteiger partial charge < -0.3 is 9.84 Å². The summed E-state index contributed by atoms with van der Waals surface area (Å²) in [6.45, 7) is 0. The van der Waals surface area contributed by atoms with Gasteiger partial charge in [0.25, 0.3) is 5.91 Å². The molecule has 0 unspecified atom stereocenters. The predicted molar refractivity (Wildman–Crippen MR) is 98.3 cm³/mol. The van der Waals surface area contributed by atoms with E-state index in [2.05, 4.69) is 10.3 Å². The Hall–Kier alpha value is -2.42. The van der Waals surface area contributed by atoms with Gasteiger partial charge in [0.15, 0.2) is 5.13 Å². The lowest BCUT2D eigenvalue weighted by molar-refractivity contribution is 0.0702. The summed E-state index contributed by atoms with van der Waals surface area (Å²) in [6.07, 6.45) is 0. The highest BCUT2D eigenvalue weighted by Gasteiger charge is 2.17. The normalized spacial score (nSPS) is 10.5. The molecule has 0 fully saturated rings. The molecule has 0 aliphatic heterocycles. The van der Waals surface area contributed by atoms with Gasteiger partial charge in [-0.25, -0.2) is 9.78 Å². The van der Waals surface area contributed by atoms with Crippen LogP contribution in [0.2, 0.25) is 4.34 Å². The maximum atomic E-state index is 12.2. The van der Waals surface area contributed by atoms with Crippen molar-refractivity contribution in [1.29, 1.82) is 0 Å². The molecule has 3 aromatic rings. The van der Waals surface area contributed by atoms with Gasteiger partial charge in [-0.05, 0) is 36.4 Å². The Morgan fingerprint density at radius 1 is 1.12 bits per heavy atom. The number of halogens is 1. The van der Waals surface area contributed by atoms with E-state index in [0.717, 1.165) is 34.0 Å². The van der Waals surface area contributed by atoms with Crippen molar-refractivity contribution in [2.45, 2.75) is 0 Å². The van der Waals surface area contributed by atoms with Gasteiger partial charge in [0.2, 0.25) is 0 Å². The monoisotopic (exact) mass is 394 g/mol. The van der Waals surface area contributed by atoms with E-state index < -0.39 is 11.9 Å². The minimum absolute atomic E-state index is 0.0984. The number of anilines is 1. The first-order chi connectivity index (χ1) is 12.0. The van der Waals surface area contributed by atoms with Crippen molar-refractivity contribution >= 4 is 51.3 Å². The van der Waals surface area contributed by atoms with E-state index in [1.807, 2.05) is 12.1 Å². The number of thiophene rings is 1. The van der Waals surface area contributed by atoms with Gasteiger partial charge in [-0.3, -0.25) is 10.1 Å². The van der Waals surface area contributed by atoms with Crippen LogP contribution in [0, 0.1) is 0 Å². The number of carbonyl (C=O) groups is 2. The topological polar surface area (TPSA) is 88.5 Å². The van der Waals surface area contributed by atoms with E-state index in [-0.39, 0.29) is 9.75 Å². The smallest absolute Gasteiger partial charge is 0.345 e. The fraction of sp³-hybridized carbons (Fsp3) is 0.0625. The van der Waals surface area contributed by atoms with Crippen LogP contribution in [0.4, 0.5) is 5.13 Å². The van der Waals surface area contributed by atoms with Crippen molar-refractivity contribution in [3.63, 3.8) is 0 Å². The van der Waals surface area contributed by atoms with Crippen molar-refractivity contribution in [2.75, 3.05) is 12.4 Å². The number of aromatic nitrogens is 1. The molecule has 1 amide bonds. The van der Waals surface area contributed by atoms with E-state index in [0.29, 0.717) is 15.2 Å². The first-order valence-electron chi connectivity index (χ1n) is 6.93. The van der Waals surface area contributed by atoms with E-state index in [4.69, 9.17) is 21.4 Å². The molecule has 0 bridgehead atoms. The second-order valence-electron chi connectivity index (χ2n) is 4.79. The Labute approximate surface area is 155 Å². The zero-order valence-electron chi connectivity index (χ0n) is 12.8. The summed E-state index contributed by atoms with van der Waals surface area (Å²) < 4.78 is 5.55. The molecule has 0 aliphatic rings. The van der Waals surface area contributed by atoms with E-state index in [1.54, 1.807) is 19.2 Å². The lowest BCUT2D eigenvalue weighted by atomic mass is 10.2. The lowest BCUT2D eigenvalue weighted by Crippen LogP contribution is -2.09. The summed E-state index contributed by atoms with van der Waals surface area (Å²) in [6, 6.07) is 10.1. The third kappa shape index (κ3) is 3.81. The van der Waals surface area contributed by atoms with E-state index in [1.165, 1.54) is 12.1 Å². The summed E-state index contributed by atoms with van der Waals surface area (Å²) >= 11 is 8.26. The van der Waals surface area contributed by atoms with Gasteiger partial charge in [-0.15, -0.1) is 11.3 Å². The van der Waals surface area contributed by atoms with E-state index >= 15 is 0 Å². The number of nitrogens with zero attached hydrogens (tertiary/aromatic N) is 1. The molecule has 0 atom stereocenters. The van der Waals surface area contributed by atoms with Crippen LogP contribution in [0.25, 0.3) is 11.3 Å². The highest BCUT2D eigenvalue weighted by molar-refractivity contribution is 7.20.